The summed E-state index contributed by atoms with van der Waals surface area (Å²) in [5.41, 5.74) is 13.7. The topological polar surface area (TPSA) is 425 Å². The zero-order chi connectivity index (χ0) is 61.6. The van der Waals surface area contributed by atoms with Gasteiger partial charge in [-0.1, -0.05) is 86.6 Å². The highest BCUT2D eigenvalue weighted by Crippen LogP contribution is 2.20. The average molecular weight is 1160 g/mol. The second-order valence-electron chi connectivity index (χ2n) is 20.5. The summed E-state index contributed by atoms with van der Waals surface area (Å²) in [7, 11) is 0. The third-order valence-electron chi connectivity index (χ3n) is 13.2. The molecule has 4 aromatic carbocycles. The number of aromatic amines is 1. The van der Waals surface area contributed by atoms with Crippen LogP contribution in [0.15, 0.2) is 109 Å². The van der Waals surface area contributed by atoms with E-state index in [-0.39, 0.29) is 49.5 Å². The zero-order valence-electron chi connectivity index (χ0n) is 46.7. The number of phenols is 2. The summed E-state index contributed by atoms with van der Waals surface area (Å²) in [5, 5.41) is 52.7. The number of fused-ring (bicyclic) bond motifs is 1. The molecule has 84 heavy (non-hydrogen) atoms. The summed E-state index contributed by atoms with van der Waals surface area (Å²) in [6.45, 7) is 4.97. The van der Waals surface area contributed by atoms with Crippen LogP contribution in [-0.2, 0) is 78.4 Å². The number of aliphatic carboxylic acids is 1. The van der Waals surface area contributed by atoms with E-state index in [4.69, 9.17) is 11.5 Å². The van der Waals surface area contributed by atoms with Crippen molar-refractivity contribution < 1.29 is 68.1 Å². The Bertz CT molecular complexity index is 3140. The number of phenolic OH excluding ortho intramolecular Hbond substituents is 2. The lowest BCUT2D eigenvalue weighted by atomic mass is 9.99. The van der Waals surface area contributed by atoms with Crippen molar-refractivity contribution in [3.63, 3.8) is 0 Å². The molecule has 8 atom stereocenters. The number of carbonyl (C=O) groups excluding carboxylic acids is 10. The number of rotatable bonds is 31. The molecule has 0 unspecified atom stereocenters. The Kier molecular flexibility index (Phi) is 24.3. The summed E-state index contributed by atoms with van der Waals surface area (Å²) >= 11 is 0. The number of para-hydroxylation sites is 1. The molecule has 0 spiro atoms. The van der Waals surface area contributed by atoms with E-state index in [2.05, 4.69) is 52.8 Å². The molecule has 10 amide bonds. The number of aromatic hydroxyl groups is 2. The Morgan fingerprint density at radius 1 is 0.476 bits per heavy atom. The van der Waals surface area contributed by atoms with E-state index >= 15 is 0 Å². The summed E-state index contributed by atoms with van der Waals surface area (Å²) < 4.78 is 0. The first-order valence-corrected chi connectivity index (χ1v) is 26.9. The van der Waals surface area contributed by atoms with Crippen LogP contribution in [0.5, 0.6) is 11.5 Å². The molecule has 0 saturated heterocycles. The summed E-state index contributed by atoms with van der Waals surface area (Å²) in [5.74, 6) is -10.6. The first-order chi connectivity index (χ1) is 39.9. The molecule has 17 N–H and O–H groups in total. The number of carbonyl (C=O) groups is 11. The third kappa shape index (κ3) is 20.6. The number of primary amides is 1. The van der Waals surface area contributed by atoms with Gasteiger partial charge in [-0.25, -0.2) is 4.79 Å². The lowest BCUT2D eigenvalue weighted by Gasteiger charge is -2.27. The molecular weight excluding hydrogens is 1090 g/mol. The molecule has 5 rings (SSSR count). The number of benzene rings is 4. The van der Waals surface area contributed by atoms with Crippen LogP contribution in [0.4, 0.5) is 0 Å². The standard InChI is InChI=1S/C58H72N12O14/c1-31(2)22-42(67-57(82)46(27-48(60)73)65-50(75)30-62-53(78)43(24-35-14-18-38(71)19-15-35)66-51(76)32(3)63-49(74)28-59)55(80)69-45(26-37-29-61-41-13-9-8-12-40(37)41)56(81)68-44(23-34-10-6-5-7-11-34)54(79)64-33(4)52(77)70-47(58(83)84)25-36-16-20-39(72)21-17-36/h5-21,29,31-33,42-47,61,71-72H,22-28,30,59H2,1-4H3,(H2,60,73)(H,62,78)(H,63,74)(H,64,79)(H,65,75)(H,66,76)(H,67,82)(H,68,81)(H,69,80)(H,70,77)(H,83,84)/t32-,33-,42-,43-,44-,45-,46-,47-/m0/s1. The fourth-order valence-corrected chi connectivity index (χ4v) is 8.74. The van der Waals surface area contributed by atoms with Crippen molar-refractivity contribution in [1.29, 1.82) is 0 Å². The maximum atomic E-state index is 14.7. The molecule has 448 valence electrons. The Hall–Kier alpha value is -9.85. The van der Waals surface area contributed by atoms with Gasteiger partial charge in [-0.05, 0) is 78.8 Å². The van der Waals surface area contributed by atoms with E-state index < -0.39 is 133 Å². The normalized spacial score (nSPS) is 13.9. The number of carboxylic acids is 1. The predicted molar refractivity (Wildman–Crippen MR) is 306 cm³/mol. The Morgan fingerprint density at radius 3 is 1.49 bits per heavy atom. The van der Waals surface area contributed by atoms with Gasteiger partial charge in [-0.15, -0.1) is 0 Å². The predicted octanol–water partition coefficient (Wildman–Crippen LogP) is -1.15. The lowest BCUT2D eigenvalue weighted by molar-refractivity contribution is -0.142. The zero-order valence-corrected chi connectivity index (χ0v) is 46.7. The summed E-state index contributed by atoms with van der Waals surface area (Å²) in [6.07, 6.45) is 0.241. The molecule has 0 bridgehead atoms. The van der Waals surface area contributed by atoms with E-state index in [1.807, 2.05) is 0 Å². The molecule has 0 aliphatic carbocycles. The number of hydrogen-bond donors (Lipinski definition) is 15. The Morgan fingerprint density at radius 2 is 0.929 bits per heavy atom. The number of nitrogens with one attached hydrogen (secondary N) is 10. The smallest absolute Gasteiger partial charge is 0.326 e. The highest BCUT2D eigenvalue weighted by atomic mass is 16.4. The van der Waals surface area contributed by atoms with Crippen LogP contribution in [0.25, 0.3) is 10.9 Å². The van der Waals surface area contributed by atoms with Crippen molar-refractivity contribution >= 4 is 75.9 Å². The van der Waals surface area contributed by atoms with Gasteiger partial charge in [0.1, 0.15) is 59.8 Å². The van der Waals surface area contributed by atoms with Crippen LogP contribution < -0.4 is 59.3 Å². The van der Waals surface area contributed by atoms with Crippen LogP contribution >= 0.6 is 0 Å². The molecule has 0 aliphatic heterocycles. The molecule has 0 radical (unpaired) electrons. The molecule has 0 fully saturated rings. The Balaban J connectivity index is 1.34. The van der Waals surface area contributed by atoms with Crippen LogP contribution in [0, 0.1) is 5.92 Å². The van der Waals surface area contributed by atoms with E-state index in [0.29, 0.717) is 33.2 Å². The minimum atomic E-state index is -1.71. The highest BCUT2D eigenvalue weighted by Gasteiger charge is 2.35. The van der Waals surface area contributed by atoms with Gasteiger partial charge >= 0.3 is 5.97 Å². The molecule has 26 nitrogen and oxygen atoms in total. The summed E-state index contributed by atoms with van der Waals surface area (Å²) in [4.78, 5) is 151. The van der Waals surface area contributed by atoms with Crippen molar-refractivity contribution in [3.8, 4) is 11.5 Å². The van der Waals surface area contributed by atoms with Crippen LogP contribution in [-0.4, -0.2) is 147 Å². The number of aromatic nitrogens is 1. The van der Waals surface area contributed by atoms with Crippen molar-refractivity contribution in [2.24, 2.45) is 17.4 Å². The largest absolute Gasteiger partial charge is 0.508 e. The van der Waals surface area contributed by atoms with Gasteiger partial charge in [0.25, 0.3) is 0 Å². The maximum Gasteiger partial charge on any atom is 0.326 e. The number of nitrogens with two attached hydrogens (primary N) is 2. The van der Waals surface area contributed by atoms with Gasteiger partial charge < -0.3 is 79.6 Å². The fourth-order valence-electron chi connectivity index (χ4n) is 8.74. The average Bonchev–Trinajstić information content (AvgIpc) is 3.93. The van der Waals surface area contributed by atoms with Crippen molar-refractivity contribution in [2.75, 3.05) is 13.1 Å². The number of hydrogen-bond acceptors (Lipinski definition) is 14. The molecule has 1 aromatic heterocycles. The van der Waals surface area contributed by atoms with Gasteiger partial charge in [-0.3, -0.25) is 47.9 Å². The minimum Gasteiger partial charge on any atom is -0.508 e. The molecular formula is C58H72N12O14. The number of carboxylic acid groups (broad SMARTS) is 1. The monoisotopic (exact) mass is 1160 g/mol. The second kappa shape index (κ2) is 31.4. The maximum absolute atomic E-state index is 14.7. The van der Waals surface area contributed by atoms with Crippen LogP contribution in [0.2, 0.25) is 0 Å². The van der Waals surface area contributed by atoms with Crippen LogP contribution in [0.1, 0.15) is 62.8 Å². The van der Waals surface area contributed by atoms with Gasteiger partial charge in [0.2, 0.25) is 59.1 Å². The molecule has 26 heteroatoms. The molecule has 1 heterocycles. The molecule has 0 saturated carbocycles. The van der Waals surface area contributed by atoms with Gasteiger partial charge in [-0.2, -0.15) is 0 Å². The van der Waals surface area contributed by atoms with Crippen LogP contribution in [0.3, 0.4) is 0 Å². The fraction of sp³-hybridized carbons (Fsp3) is 0.362. The minimum absolute atomic E-state index is 0.0408. The first kappa shape index (κ1) is 65.0. The van der Waals surface area contributed by atoms with Crippen molar-refractivity contribution in [2.45, 2.75) is 115 Å². The second-order valence-corrected chi connectivity index (χ2v) is 20.5. The number of amides is 10. The SMILES string of the molecule is CC(C)C[C@H](NC(=O)[C@H](CC(N)=O)NC(=O)CNC(=O)[C@H](Cc1ccc(O)cc1)NC(=O)[C@H](C)NC(=O)CN)C(=O)N[C@@H](Cc1c[nH]c2ccccc12)C(=O)N[C@@H](Cc1ccccc1)C(=O)N[C@@H](C)C(=O)N[C@@H](Cc1ccc(O)cc1)C(=O)O. The van der Waals surface area contributed by atoms with E-state index in [0.717, 1.165) is 0 Å². The molecule has 5 aromatic rings. The first-order valence-electron chi connectivity index (χ1n) is 26.9. The van der Waals surface area contributed by atoms with E-state index in [9.17, 15) is 68.1 Å². The van der Waals surface area contributed by atoms with Gasteiger partial charge in [0.05, 0.1) is 19.5 Å². The van der Waals surface area contributed by atoms with E-state index in [1.165, 1.54) is 62.4 Å². The van der Waals surface area contributed by atoms with Gasteiger partial charge in [0.15, 0.2) is 0 Å². The van der Waals surface area contributed by atoms with E-state index in [1.54, 1.807) is 74.6 Å². The number of H-pyrrole nitrogens is 1. The quantitative estimate of drug-likeness (QED) is 0.0249. The Labute approximate surface area is 483 Å². The molecule has 0 aliphatic rings. The highest BCUT2D eigenvalue weighted by molar-refractivity contribution is 5.99. The van der Waals surface area contributed by atoms with Crippen molar-refractivity contribution in [3.05, 3.63) is 132 Å². The summed E-state index contributed by atoms with van der Waals surface area (Å²) in [6, 6.07) is 15.9. The van der Waals surface area contributed by atoms with Gasteiger partial charge in [0, 0.05) is 42.8 Å². The lowest BCUT2D eigenvalue weighted by Crippen LogP contribution is -2.60. The third-order valence-corrected chi connectivity index (χ3v) is 13.2. The van der Waals surface area contributed by atoms with Crippen molar-refractivity contribution in [1.82, 2.24) is 52.8 Å².